The number of nitrogens with zero attached hydrogens (tertiary/aromatic N) is 3. The molecule has 1 saturated heterocycles. The molecule has 0 spiro atoms. The molecule has 1 fully saturated rings. The lowest BCUT2D eigenvalue weighted by Gasteiger charge is -2.22. The topological polar surface area (TPSA) is 67.2 Å². The number of aryl methyl sites for hydroxylation is 1. The van der Waals surface area contributed by atoms with Crippen LogP contribution in [-0.2, 0) is 16.1 Å². The van der Waals surface area contributed by atoms with E-state index in [2.05, 4.69) is 10.3 Å². The van der Waals surface area contributed by atoms with Crippen LogP contribution in [0.3, 0.4) is 0 Å². The Morgan fingerprint density at radius 1 is 1.47 bits per heavy atom. The first-order valence-electron chi connectivity index (χ1n) is 6.69. The van der Waals surface area contributed by atoms with Gasteiger partial charge in [0, 0.05) is 39.0 Å². The summed E-state index contributed by atoms with van der Waals surface area (Å²) in [6.07, 6.45) is 7.93. The third-order valence-corrected chi connectivity index (χ3v) is 3.41. The van der Waals surface area contributed by atoms with E-state index in [9.17, 15) is 9.59 Å². The molecule has 1 aliphatic rings. The molecule has 0 radical (unpaired) electrons. The van der Waals surface area contributed by atoms with Crippen LogP contribution in [-0.4, -0.2) is 45.4 Å². The number of imidazole rings is 1. The number of hydrogen-bond acceptors (Lipinski definition) is 3. The van der Waals surface area contributed by atoms with E-state index in [1.54, 1.807) is 17.4 Å². The van der Waals surface area contributed by atoms with Crippen LogP contribution in [0.1, 0.15) is 26.2 Å². The van der Waals surface area contributed by atoms with Crippen molar-refractivity contribution in [1.29, 1.82) is 0 Å². The number of hydrogen-bond donors (Lipinski definition) is 1. The van der Waals surface area contributed by atoms with Gasteiger partial charge in [0.2, 0.25) is 11.8 Å². The molecule has 104 valence electrons. The van der Waals surface area contributed by atoms with Gasteiger partial charge in [-0.3, -0.25) is 9.59 Å². The normalized spacial score (nSPS) is 18.6. The fourth-order valence-corrected chi connectivity index (χ4v) is 2.43. The first kappa shape index (κ1) is 13.6. The number of carbonyl (C=O) groups is 2. The van der Waals surface area contributed by atoms with Gasteiger partial charge in [-0.1, -0.05) is 0 Å². The minimum absolute atomic E-state index is 0.0175. The molecule has 2 rings (SSSR count). The van der Waals surface area contributed by atoms with Crippen molar-refractivity contribution in [2.24, 2.45) is 0 Å². The average Bonchev–Trinajstić information content (AvgIpc) is 3.04. The predicted octanol–water partition coefficient (Wildman–Crippen LogP) is 0.400. The monoisotopic (exact) mass is 264 g/mol. The smallest absolute Gasteiger partial charge is 0.242 e. The predicted molar refractivity (Wildman–Crippen MR) is 70.3 cm³/mol. The van der Waals surface area contributed by atoms with Gasteiger partial charge in [0.15, 0.2) is 0 Å². The molecule has 2 heterocycles. The standard InChI is InChI=1S/C13H20N4O2/c1-11(18)17-8-2-4-12(17)13(19)15-5-3-7-16-9-6-14-10-16/h6,9-10,12H,2-5,7-8H2,1H3,(H,15,19)/t12-/m1/s1. The van der Waals surface area contributed by atoms with Gasteiger partial charge in [-0.05, 0) is 19.3 Å². The van der Waals surface area contributed by atoms with E-state index in [0.717, 1.165) is 25.8 Å². The number of nitrogens with one attached hydrogen (secondary N) is 1. The number of amides is 2. The Morgan fingerprint density at radius 3 is 3.00 bits per heavy atom. The van der Waals surface area contributed by atoms with Gasteiger partial charge >= 0.3 is 0 Å². The Kier molecular flexibility index (Phi) is 4.54. The number of likely N-dealkylation sites (tertiary alicyclic amines) is 1. The van der Waals surface area contributed by atoms with E-state index >= 15 is 0 Å². The summed E-state index contributed by atoms with van der Waals surface area (Å²) >= 11 is 0. The second-order valence-corrected chi connectivity index (χ2v) is 4.82. The summed E-state index contributed by atoms with van der Waals surface area (Å²) in [5, 5.41) is 2.91. The van der Waals surface area contributed by atoms with Crippen molar-refractivity contribution in [3.63, 3.8) is 0 Å². The molecule has 1 aromatic heterocycles. The molecule has 6 heteroatoms. The molecule has 1 aromatic rings. The third kappa shape index (κ3) is 3.56. The number of carbonyl (C=O) groups excluding carboxylic acids is 2. The minimum atomic E-state index is -0.272. The first-order chi connectivity index (χ1) is 9.18. The van der Waals surface area contributed by atoms with Crippen LogP contribution < -0.4 is 5.32 Å². The highest BCUT2D eigenvalue weighted by molar-refractivity contribution is 5.87. The third-order valence-electron chi connectivity index (χ3n) is 3.41. The fourth-order valence-electron chi connectivity index (χ4n) is 2.43. The molecule has 0 unspecified atom stereocenters. The van der Waals surface area contributed by atoms with Crippen LogP contribution in [0.5, 0.6) is 0 Å². The maximum Gasteiger partial charge on any atom is 0.242 e. The van der Waals surface area contributed by atoms with Gasteiger partial charge in [-0.2, -0.15) is 0 Å². The summed E-state index contributed by atoms with van der Waals surface area (Å²) in [7, 11) is 0. The van der Waals surface area contributed by atoms with E-state index in [0.29, 0.717) is 13.1 Å². The van der Waals surface area contributed by atoms with E-state index in [4.69, 9.17) is 0 Å². The van der Waals surface area contributed by atoms with Gasteiger partial charge in [0.1, 0.15) is 6.04 Å². The van der Waals surface area contributed by atoms with E-state index in [1.165, 1.54) is 6.92 Å². The lowest BCUT2D eigenvalue weighted by Crippen LogP contribution is -2.45. The largest absolute Gasteiger partial charge is 0.354 e. The van der Waals surface area contributed by atoms with Crippen LogP contribution in [0.25, 0.3) is 0 Å². The number of rotatable bonds is 5. The molecular weight excluding hydrogens is 244 g/mol. The van der Waals surface area contributed by atoms with Gasteiger partial charge < -0.3 is 14.8 Å². The van der Waals surface area contributed by atoms with Crippen molar-refractivity contribution in [2.75, 3.05) is 13.1 Å². The Balaban J connectivity index is 1.70. The minimum Gasteiger partial charge on any atom is -0.354 e. The number of aromatic nitrogens is 2. The van der Waals surface area contributed by atoms with Crippen LogP contribution in [0.15, 0.2) is 18.7 Å². The molecule has 2 amide bonds. The molecule has 0 aliphatic carbocycles. The highest BCUT2D eigenvalue weighted by Crippen LogP contribution is 2.17. The van der Waals surface area contributed by atoms with Gasteiger partial charge in [-0.15, -0.1) is 0 Å². The van der Waals surface area contributed by atoms with Gasteiger partial charge in [0.25, 0.3) is 0 Å². The van der Waals surface area contributed by atoms with Crippen LogP contribution in [0.4, 0.5) is 0 Å². The van der Waals surface area contributed by atoms with Crippen molar-refractivity contribution in [3.05, 3.63) is 18.7 Å². The Morgan fingerprint density at radius 2 is 2.32 bits per heavy atom. The van der Waals surface area contributed by atoms with Crippen LogP contribution >= 0.6 is 0 Å². The van der Waals surface area contributed by atoms with E-state index in [-0.39, 0.29) is 17.9 Å². The average molecular weight is 264 g/mol. The lowest BCUT2D eigenvalue weighted by molar-refractivity contribution is -0.136. The zero-order chi connectivity index (χ0) is 13.7. The second kappa shape index (κ2) is 6.36. The Hall–Kier alpha value is -1.85. The highest BCUT2D eigenvalue weighted by Gasteiger charge is 2.31. The molecule has 19 heavy (non-hydrogen) atoms. The quantitative estimate of drug-likeness (QED) is 0.783. The molecule has 6 nitrogen and oxygen atoms in total. The van der Waals surface area contributed by atoms with Gasteiger partial charge in [0.05, 0.1) is 6.33 Å². The zero-order valence-electron chi connectivity index (χ0n) is 11.2. The summed E-state index contributed by atoms with van der Waals surface area (Å²) in [5.74, 6) is -0.0469. The SMILES string of the molecule is CC(=O)N1CCC[C@@H]1C(=O)NCCCn1ccnc1. The summed E-state index contributed by atoms with van der Waals surface area (Å²) in [5.41, 5.74) is 0. The Bertz CT molecular complexity index is 430. The molecule has 1 N–H and O–H groups in total. The fraction of sp³-hybridized carbons (Fsp3) is 0.615. The lowest BCUT2D eigenvalue weighted by atomic mass is 10.2. The van der Waals surface area contributed by atoms with Crippen LogP contribution in [0.2, 0.25) is 0 Å². The van der Waals surface area contributed by atoms with Crippen molar-refractivity contribution in [1.82, 2.24) is 19.8 Å². The summed E-state index contributed by atoms with van der Waals surface area (Å²) in [6.45, 7) is 3.67. The Labute approximate surface area is 112 Å². The zero-order valence-corrected chi connectivity index (χ0v) is 11.2. The first-order valence-corrected chi connectivity index (χ1v) is 6.69. The second-order valence-electron chi connectivity index (χ2n) is 4.82. The molecule has 0 aromatic carbocycles. The van der Waals surface area contributed by atoms with E-state index < -0.39 is 0 Å². The highest BCUT2D eigenvalue weighted by atomic mass is 16.2. The van der Waals surface area contributed by atoms with Crippen LogP contribution in [0, 0.1) is 0 Å². The van der Waals surface area contributed by atoms with Crippen molar-refractivity contribution in [2.45, 2.75) is 38.8 Å². The molecule has 0 saturated carbocycles. The molecular formula is C13H20N4O2. The van der Waals surface area contributed by atoms with E-state index in [1.807, 2.05) is 10.8 Å². The summed E-state index contributed by atoms with van der Waals surface area (Å²) in [4.78, 5) is 29.0. The molecule has 1 aliphatic heterocycles. The molecule has 0 bridgehead atoms. The van der Waals surface area contributed by atoms with Crippen molar-refractivity contribution in [3.8, 4) is 0 Å². The van der Waals surface area contributed by atoms with Crippen molar-refractivity contribution < 1.29 is 9.59 Å². The van der Waals surface area contributed by atoms with Gasteiger partial charge in [-0.25, -0.2) is 4.98 Å². The molecule has 1 atom stereocenters. The maximum absolute atomic E-state index is 12.0. The van der Waals surface area contributed by atoms with Crippen molar-refractivity contribution >= 4 is 11.8 Å². The summed E-state index contributed by atoms with van der Waals surface area (Å²) < 4.78 is 1.98. The summed E-state index contributed by atoms with van der Waals surface area (Å²) in [6, 6.07) is -0.272. The maximum atomic E-state index is 12.0.